The van der Waals surface area contributed by atoms with Gasteiger partial charge in [0, 0.05) is 18.8 Å². The van der Waals surface area contributed by atoms with Crippen LogP contribution in [0.4, 0.5) is 4.79 Å². The number of rotatable bonds is 6. The molecule has 2 rings (SSSR count). The smallest absolute Gasteiger partial charge is 0.410 e. The molecule has 1 fully saturated rings. The van der Waals surface area contributed by atoms with Crippen molar-refractivity contribution < 1.29 is 23.9 Å². The molecule has 0 aromatic heterocycles. The van der Waals surface area contributed by atoms with Gasteiger partial charge in [-0.05, 0) is 26.3 Å². The van der Waals surface area contributed by atoms with E-state index in [1.54, 1.807) is 20.8 Å². The summed E-state index contributed by atoms with van der Waals surface area (Å²) in [5.41, 5.74) is 0.487. The van der Waals surface area contributed by atoms with Crippen molar-refractivity contribution in [1.82, 2.24) is 4.90 Å². The molecule has 0 N–H and O–H groups in total. The third-order valence-electron chi connectivity index (χ3n) is 3.94. The first kappa shape index (κ1) is 20.3. The number of methoxy groups -OCH3 is 1. The van der Waals surface area contributed by atoms with Gasteiger partial charge in [0.15, 0.2) is 5.78 Å². The van der Waals surface area contributed by atoms with Gasteiger partial charge in [0.05, 0.1) is 7.11 Å². The van der Waals surface area contributed by atoms with Crippen LogP contribution in [0.25, 0.3) is 0 Å². The average molecular weight is 379 g/mol. The molecule has 142 valence electrons. The number of carbonyl (C=O) groups excluding carboxylic acids is 3. The van der Waals surface area contributed by atoms with Gasteiger partial charge in [0.25, 0.3) is 0 Å². The van der Waals surface area contributed by atoms with E-state index in [9.17, 15) is 14.4 Å². The highest BCUT2D eigenvalue weighted by atomic mass is 32.2. The van der Waals surface area contributed by atoms with Gasteiger partial charge in [0.2, 0.25) is 0 Å². The summed E-state index contributed by atoms with van der Waals surface area (Å²) >= 11 is 1.46. The number of likely N-dealkylation sites (tertiary alicyclic amines) is 1. The number of benzene rings is 1. The summed E-state index contributed by atoms with van der Waals surface area (Å²) in [5, 5.41) is 0. The molecule has 1 amide bonds. The van der Waals surface area contributed by atoms with Crippen LogP contribution in [0.1, 0.15) is 32.8 Å². The zero-order chi connectivity index (χ0) is 19.4. The molecule has 1 aromatic rings. The van der Waals surface area contributed by atoms with Gasteiger partial charge in [0.1, 0.15) is 16.8 Å². The normalized spacial score (nSPS) is 15.8. The molecule has 6 nitrogen and oxygen atoms in total. The first-order valence-corrected chi connectivity index (χ1v) is 9.40. The summed E-state index contributed by atoms with van der Waals surface area (Å²) < 4.78 is 9.16. The Hall–Kier alpha value is -2.02. The maximum atomic E-state index is 12.7. The summed E-state index contributed by atoms with van der Waals surface area (Å²) in [6.45, 7) is 5.85. The molecule has 0 bridgehead atoms. The third kappa shape index (κ3) is 5.24. The van der Waals surface area contributed by atoms with Gasteiger partial charge in [-0.1, -0.05) is 30.3 Å². The number of hydrogen-bond donors (Lipinski definition) is 0. The lowest BCUT2D eigenvalue weighted by Crippen LogP contribution is -2.66. The van der Waals surface area contributed by atoms with Crippen LogP contribution in [-0.2, 0) is 24.8 Å². The summed E-state index contributed by atoms with van der Waals surface area (Å²) in [4.78, 5) is 37.9. The van der Waals surface area contributed by atoms with Crippen LogP contribution in [0.2, 0.25) is 0 Å². The summed E-state index contributed by atoms with van der Waals surface area (Å²) in [6.07, 6.45) is -0.736. The molecule has 7 heteroatoms. The molecular weight excluding hydrogens is 354 g/mol. The minimum absolute atomic E-state index is 0.218. The van der Waals surface area contributed by atoms with E-state index in [4.69, 9.17) is 4.74 Å². The number of esters is 1. The first-order valence-electron chi connectivity index (χ1n) is 8.41. The fourth-order valence-corrected chi connectivity index (χ4v) is 3.90. The van der Waals surface area contributed by atoms with E-state index < -0.39 is 22.4 Å². The molecular formula is C19H25NO5S. The van der Waals surface area contributed by atoms with Crippen molar-refractivity contribution in [2.75, 3.05) is 20.2 Å². The highest BCUT2D eigenvalue weighted by molar-refractivity contribution is 8.00. The van der Waals surface area contributed by atoms with Crippen molar-refractivity contribution >= 4 is 29.6 Å². The number of nitrogens with zero attached hydrogens (tertiary/aromatic N) is 1. The maximum Gasteiger partial charge on any atom is 0.410 e. The van der Waals surface area contributed by atoms with E-state index in [0.29, 0.717) is 5.75 Å². The fraction of sp³-hybridized carbons (Fsp3) is 0.526. The maximum absolute atomic E-state index is 12.7. The quantitative estimate of drug-likeness (QED) is 0.559. The van der Waals surface area contributed by atoms with E-state index in [1.165, 1.54) is 23.8 Å². The van der Waals surface area contributed by atoms with Gasteiger partial charge in [-0.15, -0.1) is 11.8 Å². The second-order valence-corrected chi connectivity index (χ2v) is 8.64. The molecule has 1 heterocycles. The fourth-order valence-electron chi connectivity index (χ4n) is 2.53. The molecule has 26 heavy (non-hydrogen) atoms. The Balaban J connectivity index is 2.05. The van der Waals surface area contributed by atoms with Gasteiger partial charge >= 0.3 is 12.1 Å². The Morgan fingerprint density at radius 1 is 1.15 bits per heavy atom. The van der Waals surface area contributed by atoms with E-state index in [-0.39, 0.29) is 25.3 Å². The molecule has 0 spiro atoms. The molecule has 0 atom stereocenters. The number of amides is 1. The molecule has 1 saturated heterocycles. The molecule has 1 aromatic carbocycles. The zero-order valence-corrected chi connectivity index (χ0v) is 16.4. The van der Waals surface area contributed by atoms with Gasteiger partial charge in [-0.2, -0.15) is 0 Å². The first-order chi connectivity index (χ1) is 12.1. The predicted octanol–water partition coefficient (Wildman–Crippen LogP) is 3.04. The standard InChI is InChI=1S/C19H25NO5S/c1-18(2,3)25-17(23)20-12-19(13-20,15(21)10-16(22)24-4)26-11-14-8-6-5-7-9-14/h5-9H,10-13H2,1-4H3. The van der Waals surface area contributed by atoms with Crippen LogP contribution < -0.4 is 0 Å². The second kappa shape index (κ2) is 8.12. The second-order valence-electron chi connectivity index (χ2n) is 7.28. The van der Waals surface area contributed by atoms with Crippen LogP contribution >= 0.6 is 11.8 Å². The number of ether oxygens (including phenoxy) is 2. The van der Waals surface area contributed by atoms with Crippen LogP contribution in [0.15, 0.2) is 30.3 Å². The predicted molar refractivity (Wildman–Crippen MR) is 99.9 cm³/mol. The number of ketones is 1. The van der Waals surface area contributed by atoms with E-state index in [1.807, 2.05) is 30.3 Å². The summed E-state index contributed by atoms with van der Waals surface area (Å²) in [7, 11) is 1.26. The van der Waals surface area contributed by atoms with E-state index in [0.717, 1.165) is 5.56 Å². The summed E-state index contributed by atoms with van der Waals surface area (Å²) in [6, 6.07) is 9.77. The molecule has 0 radical (unpaired) electrons. The molecule has 1 aliphatic rings. The number of Topliss-reactive ketones (excluding diaryl/α,β-unsaturated/α-hetero) is 1. The number of thioether (sulfide) groups is 1. The third-order valence-corrected chi connectivity index (χ3v) is 5.46. The lowest BCUT2D eigenvalue weighted by Gasteiger charge is -2.48. The Kier molecular flexibility index (Phi) is 6.34. The zero-order valence-electron chi connectivity index (χ0n) is 15.6. The number of carbonyl (C=O) groups is 3. The molecule has 0 saturated carbocycles. The van der Waals surface area contributed by atoms with Gasteiger partial charge in [-0.25, -0.2) is 4.79 Å². The average Bonchev–Trinajstić information content (AvgIpc) is 2.52. The minimum atomic E-state index is -0.805. The lowest BCUT2D eigenvalue weighted by atomic mass is 9.92. The monoisotopic (exact) mass is 379 g/mol. The SMILES string of the molecule is COC(=O)CC(=O)C1(SCc2ccccc2)CN(C(=O)OC(C)(C)C)C1. The van der Waals surface area contributed by atoms with Crippen molar-refractivity contribution in [3.8, 4) is 0 Å². The van der Waals surface area contributed by atoms with Crippen molar-refractivity contribution in [2.45, 2.75) is 43.3 Å². The lowest BCUT2D eigenvalue weighted by molar-refractivity contribution is -0.144. The van der Waals surface area contributed by atoms with Crippen LogP contribution in [-0.4, -0.2) is 53.3 Å². The highest BCUT2D eigenvalue weighted by Gasteiger charge is 2.52. The Morgan fingerprint density at radius 2 is 1.77 bits per heavy atom. The van der Waals surface area contributed by atoms with Crippen molar-refractivity contribution in [3.05, 3.63) is 35.9 Å². The minimum Gasteiger partial charge on any atom is -0.469 e. The Bertz CT molecular complexity index is 662. The van der Waals surface area contributed by atoms with Gasteiger partial charge in [-0.3, -0.25) is 9.59 Å². The topological polar surface area (TPSA) is 72.9 Å². The summed E-state index contributed by atoms with van der Waals surface area (Å²) in [5.74, 6) is -0.161. The van der Waals surface area contributed by atoms with Crippen molar-refractivity contribution in [2.24, 2.45) is 0 Å². The molecule has 0 unspecified atom stereocenters. The van der Waals surface area contributed by atoms with Gasteiger partial charge < -0.3 is 14.4 Å². The number of hydrogen-bond acceptors (Lipinski definition) is 6. The van der Waals surface area contributed by atoms with E-state index >= 15 is 0 Å². The highest BCUT2D eigenvalue weighted by Crippen LogP contribution is 2.39. The molecule has 0 aliphatic carbocycles. The Morgan fingerprint density at radius 3 is 2.31 bits per heavy atom. The van der Waals surface area contributed by atoms with E-state index in [2.05, 4.69) is 4.74 Å². The largest absolute Gasteiger partial charge is 0.469 e. The molecule has 1 aliphatic heterocycles. The Labute approximate surface area is 158 Å². The van der Waals surface area contributed by atoms with Crippen molar-refractivity contribution in [1.29, 1.82) is 0 Å². The van der Waals surface area contributed by atoms with Crippen LogP contribution in [0.3, 0.4) is 0 Å². The van der Waals surface area contributed by atoms with Crippen LogP contribution in [0, 0.1) is 0 Å². The van der Waals surface area contributed by atoms with Crippen LogP contribution in [0.5, 0.6) is 0 Å². The van der Waals surface area contributed by atoms with Crippen molar-refractivity contribution in [3.63, 3.8) is 0 Å².